The number of aryl methyl sites for hydroxylation is 1. The number of esters is 1. The van der Waals surface area contributed by atoms with Gasteiger partial charge in [-0.15, -0.1) is 18.3 Å². The molecule has 3 saturated heterocycles. The van der Waals surface area contributed by atoms with Crippen molar-refractivity contribution in [2.75, 3.05) is 24.7 Å². The number of aliphatic hydroxyl groups is 1. The van der Waals surface area contributed by atoms with Crippen LogP contribution in [0.2, 0.25) is 5.02 Å². The highest BCUT2D eigenvalue weighted by atomic mass is 79.9. The van der Waals surface area contributed by atoms with Crippen LogP contribution in [0.3, 0.4) is 0 Å². The summed E-state index contributed by atoms with van der Waals surface area (Å²) in [6.07, 6.45) is 2.65. The number of thioether (sulfide) groups is 1. The molecule has 0 saturated carbocycles. The van der Waals surface area contributed by atoms with Gasteiger partial charge in [0.2, 0.25) is 5.91 Å². The highest BCUT2D eigenvalue weighted by molar-refractivity contribution is 9.09. The summed E-state index contributed by atoms with van der Waals surface area (Å²) in [5.74, 6) is -2.32. The summed E-state index contributed by atoms with van der Waals surface area (Å²) < 4.78 is 4.56. The largest absolute Gasteiger partial charge is 0.466 e. The van der Waals surface area contributed by atoms with E-state index in [4.69, 9.17) is 16.3 Å². The van der Waals surface area contributed by atoms with E-state index in [0.717, 1.165) is 5.56 Å². The molecule has 1 spiro atoms. The molecule has 0 aliphatic carbocycles. The first-order valence-electron chi connectivity index (χ1n) is 12.3. The first-order valence-corrected chi connectivity index (χ1v) is 14.4. The minimum atomic E-state index is -0.878. The Balaban J connectivity index is 1.87. The summed E-state index contributed by atoms with van der Waals surface area (Å²) in [7, 11) is 0. The molecule has 7 nitrogen and oxygen atoms in total. The molecular weight excluding hydrogens is 568 g/mol. The van der Waals surface area contributed by atoms with Crippen LogP contribution in [0, 0.1) is 18.8 Å². The molecule has 1 aromatic carbocycles. The van der Waals surface area contributed by atoms with Crippen molar-refractivity contribution in [3.63, 3.8) is 0 Å². The molecular formula is C26H32BrClN2O5S. The molecule has 0 aromatic heterocycles. The van der Waals surface area contributed by atoms with E-state index in [9.17, 15) is 19.5 Å². The van der Waals surface area contributed by atoms with Crippen LogP contribution in [0.15, 0.2) is 30.9 Å². The average Bonchev–Trinajstić information content (AvgIpc) is 3.43. The van der Waals surface area contributed by atoms with Crippen molar-refractivity contribution in [2.45, 2.75) is 60.5 Å². The van der Waals surface area contributed by atoms with Crippen LogP contribution in [-0.4, -0.2) is 74.5 Å². The number of aliphatic hydroxyl groups excluding tert-OH is 1. The number of fused-ring (bicyclic) bond motifs is 1. The first kappa shape index (κ1) is 27.5. The Morgan fingerprint density at radius 2 is 2.17 bits per heavy atom. The predicted octanol–water partition coefficient (Wildman–Crippen LogP) is 3.97. The van der Waals surface area contributed by atoms with E-state index in [-0.39, 0.29) is 41.6 Å². The number of amides is 2. The minimum absolute atomic E-state index is 0.0553. The lowest BCUT2D eigenvalue weighted by Gasteiger charge is -2.40. The number of alkyl halides is 1. The molecule has 7 atom stereocenters. The van der Waals surface area contributed by atoms with E-state index >= 15 is 0 Å². The van der Waals surface area contributed by atoms with Crippen LogP contribution < -0.4 is 4.90 Å². The van der Waals surface area contributed by atoms with E-state index < -0.39 is 34.6 Å². The highest BCUT2D eigenvalue weighted by Gasteiger charge is 2.76. The van der Waals surface area contributed by atoms with E-state index in [0.29, 0.717) is 23.6 Å². The Labute approximate surface area is 229 Å². The zero-order chi connectivity index (χ0) is 26.4. The molecule has 2 amide bonds. The molecule has 3 unspecified atom stereocenters. The lowest BCUT2D eigenvalue weighted by atomic mass is 9.71. The number of hydrogen-bond acceptors (Lipinski definition) is 6. The van der Waals surface area contributed by atoms with Gasteiger partial charge in [0, 0.05) is 16.6 Å². The van der Waals surface area contributed by atoms with Gasteiger partial charge in [0.1, 0.15) is 6.04 Å². The third-order valence-corrected chi connectivity index (χ3v) is 11.2. The molecule has 0 radical (unpaired) electrons. The fourth-order valence-electron chi connectivity index (χ4n) is 6.19. The summed E-state index contributed by atoms with van der Waals surface area (Å²) in [6, 6.07) is 4.01. The molecule has 196 valence electrons. The van der Waals surface area contributed by atoms with Gasteiger partial charge in [0.05, 0.1) is 46.5 Å². The van der Waals surface area contributed by atoms with Gasteiger partial charge in [0.15, 0.2) is 0 Å². The van der Waals surface area contributed by atoms with Gasteiger partial charge in [0.25, 0.3) is 5.91 Å². The second kappa shape index (κ2) is 10.7. The Hall–Kier alpha value is -1.55. The summed E-state index contributed by atoms with van der Waals surface area (Å²) in [5, 5.41) is 10.5. The standard InChI is InChI=1S/C26H32BrClN2O5S/c1-5-11-29(20-14(4)9-8-10-17(20)28)24(33)22-26-12-16(27)21(36-26)18(25(34)35-7-3)19(26)23(32)30(22)15(6-2)13-31/h5,8-10,15-16,18-19,21-22,31H,1,6-7,11-13H2,2-4H3/t15-,16?,18+,19-,21+,22?,26?/m0/s1. The minimum Gasteiger partial charge on any atom is -0.466 e. The lowest BCUT2D eigenvalue weighted by molar-refractivity contribution is -0.154. The van der Waals surface area contributed by atoms with Gasteiger partial charge in [-0.3, -0.25) is 14.4 Å². The fourth-order valence-corrected chi connectivity index (χ4v) is 10.1. The van der Waals surface area contributed by atoms with Crippen LogP contribution in [-0.2, 0) is 19.1 Å². The molecule has 1 N–H and O–H groups in total. The van der Waals surface area contributed by atoms with Crippen LogP contribution in [0.25, 0.3) is 0 Å². The van der Waals surface area contributed by atoms with Crippen LogP contribution >= 0.6 is 39.3 Å². The second-order valence-corrected chi connectivity index (χ2v) is 12.7. The van der Waals surface area contributed by atoms with Crippen LogP contribution in [0.5, 0.6) is 0 Å². The van der Waals surface area contributed by atoms with Crippen molar-refractivity contribution in [2.24, 2.45) is 11.8 Å². The number of halogens is 2. The lowest BCUT2D eigenvalue weighted by Crippen LogP contribution is -2.58. The number of rotatable bonds is 9. The second-order valence-electron chi connectivity index (χ2n) is 9.55. The Morgan fingerprint density at radius 3 is 2.75 bits per heavy atom. The van der Waals surface area contributed by atoms with E-state index in [2.05, 4.69) is 22.5 Å². The highest BCUT2D eigenvalue weighted by Crippen LogP contribution is 2.68. The maximum atomic E-state index is 14.6. The maximum Gasteiger partial charge on any atom is 0.310 e. The molecule has 36 heavy (non-hydrogen) atoms. The van der Waals surface area contributed by atoms with Crippen molar-refractivity contribution in [3.8, 4) is 0 Å². The number of carbonyl (C=O) groups is 3. The van der Waals surface area contributed by atoms with E-state index in [1.54, 1.807) is 40.6 Å². The predicted molar refractivity (Wildman–Crippen MR) is 146 cm³/mol. The Bertz CT molecular complexity index is 1050. The van der Waals surface area contributed by atoms with Crippen molar-refractivity contribution < 1.29 is 24.2 Å². The van der Waals surface area contributed by atoms with Gasteiger partial charge in [-0.25, -0.2) is 0 Å². The van der Waals surface area contributed by atoms with Crippen molar-refractivity contribution in [1.29, 1.82) is 0 Å². The number of benzene rings is 1. The SMILES string of the molecule is C=CCN(C(=O)C1N([C@@H](CC)CO)C(=O)[C@@H]2[C@@H](C(=O)OCC)[C@@H]3SC12CC3Br)c1c(C)cccc1Cl. The maximum absolute atomic E-state index is 14.6. The number of ether oxygens (including phenoxy) is 1. The first-order chi connectivity index (χ1) is 17.2. The monoisotopic (exact) mass is 598 g/mol. The number of likely N-dealkylation sites (tertiary alicyclic amines) is 1. The Morgan fingerprint density at radius 1 is 1.44 bits per heavy atom. The van der Waals surface area contributed by atoms with Gasteiger partial charge >= 0.3 is 5.97 Å². The van der Waals surface area contributed by atoms with Crippen LogP contribution in [0.1, 0.15) is 32.3 Å². The molecule has 3 aliphatic rings. The zero-order valence-corrected chi connectivity index (χ0v) is 23.8. The molecule has 1 aromatic rings. The summed E-state index contributed by atoms with van der Waals surface area (Å²) in [4.78, 5) is 44.8. The zero-order valence-electron chi connectivity index (χ0n) is 20.7. The average molecular weight is 600 g/mol. The van der Waals surface area contributed by atoms with Gasteiger partial charge in [-0.1, -0.05) is 52.7 Å². The molecule has 10 heteroatoms. The topological polar surface area (TPSA) is 87.2 Å². The number of hydrogen-bond donors (Lipinski definition) is 1. The Kier molecular flexibility index (Phi) is 8.15. The quantitative estimate of drug-likeness (QED) is 0.263. The third kappa shape index (κ3) is 4.10. The van der Waals surface area contributed by atoms with Crippen LogP contribution in [0.4, 0.5) is 5.69 Å². The summed E-state index contributed by atoms with van der Waals surface area (Å²) in [6.45, 7) is 9.48. The normalized spacial score (nSPS) is 31.3. The van der Waals surface area contributed by atoms with Crippen molar-refractivity contribution >= 4 is 62.8 Å². The summed E-state index contributed by atoms with van der Waals surface area (Å²) in [5.41, 5.74) is 1.39. The molecule has 3 heterocycles. The third-order valence-electron chi connectivity index (χ3n) is 7.63. The number of nitrogens with zero attached hydrogens (tertiary/aromatic N) is 2. The smallest absolute Gasteiger partial charge is 0.310 e. The van der Waals surface area contributed by atoms with E-state index in [1.165, 1.54) is 0 Å². The molecule has 4 rings (SSSR count). The summed E-state index contributed by atoms with van der Waals surface area (Å²) >= 11 is 11.9. The van der Waals surface area contributed by atoms with Gasteiger partial charge in [-0.05, 0) is 38.3 Å². The van der Waals surface area contributed by atoms with E-state index in [1.807, 2.05) is 26.0 Å². The molecule has 3 fully saturated rings. The van der Waals surface area contributed by atoms with Gasteiger partial charge < -0.3 is 19.6 Å². The number of anilines is 1. The van der Waals surface area contributed by atoms with Crippen molar-refractivity contribution in [1.82, 2.24) is 4.90 Å². The number of carbonyl (C=O) groups excluding carboxylic acids is 3. The molecule has 3 aliphatic heterocycles. The van der Waals surface area contributed by atoms with Gasteiger partial charge in [-0.2, -0.15) is 0 Å². The van der Waals surface area contributed by atoms with Crippen molar-refractivity contribution in [3.05, 3.63) is 41.4 Å². The number of para-hydroxylation sites is 1. The molecule has 2 bridgehead atoms. The fraction of sp³-hybridized carbons (Fsp3) is 0.577.